The Hall–Kier alpha value is -2.30. The first kappa shape index (κ1) is 12.7. The molecule has 0 aliphatic heterocycles. The SMILES string of the molecule is COc1cccc(C(=O)N[C@H]2CCCc3cn[nH]c32)c1. The summed E-state index contributed by atoms with van der Waals surface area (Å²) in [7, 11) is 1.59. The van der Waals surface area contributed by atoms with Crippen molar-refractivity contribution < 1.29 is 9.53 Å². The molecular weight excluding hydrogens is 254 g/mol. The number of fused-ring (bicyclic) bond motifs is 1. The lowest BCUT2D eigenvalue weighted by Gasteiger charge is -2.23. The molecule has 0 unspecified atom stereocenters. The largest absolute Gasteiger partial charge is 0.497 e. The average molecular weight is 271 g/mol. The molecule has 1 amide bonds. The van der Waals surface area contributed by atoms with Gasteiger partial charge in [-0.25, -0.2) is 0 Å². The molecule has 1 heterocycles. The predicted octanol–water partition coefficient (Wildman–Crippen LogP) is 2.23. The van der Waals surface area contributed by atoms with Crippen molar-refractivity contribution in [2.24, 2.45) is 0 Å². The standard InChI is InChI=1S/C15H17N3O2/c1-20-12-6-2-4-10(8-12)15(19)17-13-7-3-5-11-9-16-18-14(11)13/h2,4,6,8-9,13H,3,5,7H2,1H3,(H,16,18)(H,17,19)/t13-/m0/s1. The summed E-state index contributed by atoms with van der Waals surface area (Å²) in [5, 5.41) is 10.1. The Morgan fingerprint density at radius 2 is 2.40 bits per heavy atom. The topological polar surface area (TPSA) is 67.0 Å². The predicted molar refractivity (Wildman–Crippen MR) is 74.7 cm³/mol. The van der Waals surface area contributed by atoms with Crippen LogP contribution >= 0.6 is 0 Å². The molecule has 5 nitrogen and oxygen atoms in total. The number of H-pyrrole nitrogens is 1. The number of hydrogen-bond donors (Lipinski definition) is 2. The minimum absolute atomic E-state index is 0.0138. The van der Waals surface area contributed by atoms with Crippen LogP contribution < -0.4 is 10.1 Å². The molecule has 1 aromatic heterocycles. The van der Waals surface area contributed by atoms with Gasteiger partial charge in [0.1, 0.15) is 5.75 Å². The number of nitrogens with one attached hydrogen (secondary N) is 2. The monoisotopic (exact) mass is 271 g/mol. The lowest BCUT2D eigenvalue weighted by Crippen LogP contribution is -2.31. The Kier molecular flexibility index (Phi) is 3.41. The van der Waals surface area contributed by atoms with Gasteiger partial charge in [0.25, 0.3) is 5.91 Å². The van der Waals surface area contributed by atoms with Gasteiger partial charge >= 0.3 is 0 Å². The molecule has 3 rings (SSSR count). The fourth-order valence-electron chi connectivity index (χ4n) is 2.61. The highest BCUT2D eigenvalue weighted by Crippen LogP contribution is 2.28. The van der Waals surface area contributed by atoms with Gasteiger partial charge in [-0.3, -0.25) is 9.89 Å². The number of hydrogen-bond acceptors (Lipinski definition) is 3. The number of benzene rings is 1. The number of aromatic amines is 1. The first-order chi connectivity index (χ1) is 9.78. The Balaban J connectivity index is 1.77. The van der Waals surface area contributed by atoms with E-state index in [4.69, 9.17) is 4.74 Å². The molecule has 1 aliphatic rings. The number of ether oxygens (including phenoxy) is 1. The molecule has 0 fully saturated rings. The van der Waals surface area contributed by atoms with Crippen LogP contribution in [0.2, 0.25) is 0 Å². The van der Waals surface area contributed by atoms with Crippen molar-refractivity contribution in [2.75, 3.05) is 7.11 Å². The molecule has 5 heteroatoms. The van der Waals surface area contributed by atoms with Gasteiger partial charge in [0.15, 0.2) is 0 Å². The zero-order chi connectivity index (χ0) is 13.9. The second kappa shape index (κ2) is 5.36. The fourth-order valence-corrected chi connectivity index (χ4v) is 2.61. The van der Waals surface area contributed by atoms with Crippen LogP contribution in [0.25, 0.3) is 0 Å². The van der Waals surface area contributed by atoms with Crippen molar-refractivity contribution >= 4 is 5.91 Å². The number of aryl methyl sites for hydroxylation is 1. The minimum Gasteiger partial charge on any atom is -0.497 e. The second-order valence-corrected chi connectivity index (χ2v) is 4.96. The lowest BCUT2D eigenvalue weighted by molar-refractivity contribution is 0.0931. The highest BCUT2D eigenvalue weighted by atomic mass is 16.5. The van der Waals surface area contributed by atoms with Crippen molar-refractivity contribution in [3.63, 3.8) is 0 Å². The Labute approximate surface area is 117 Å². The van der Waals surface area contributed by atoms with E-state index in [9.17, 15) is 4.79 Å². The van der Waals surface area contributed by atoms with Crippen molar-refractivity contribution in [2.45, 2.75) is 25.3 Å². The minimum atomic E-state index is -0.0867. The smallest absolute Gasteiger partial charge is 0.251 e. The summed E-state index contributed by atoms with van der Waals surface area (Å²) >= 11 is 0. The van der Waals surface area contributed by atoms with Gasteiger partial charge in [-0.05, 0) is 43.0 Å². The molecule has 2 N–H and O–H groups in total. The van der Waals surface area contributed by atoms with Crippen LogP contribution in [0.5, 0.6) is 5.75 Å². The van der Waals surface area contributed by atoms with E-state index in [1.165, 1.54) is 5.56 Å². The third-order valence-corrected chi connectivity index (χ3v) is 3.68. The van der Waals surface area contributed by atoms with Gasteiger partial charge in [-0.15, -0.1) is 0 Å². The summed E-state index contributed by atoms with van der Waals surface area (Å²) in [4.78, 5) is 12.3. The first-order valence-electron chi connectivity index (χ1n) is 6.75. The molecule has 0 spiro atoms. The van der Waals surface area contributed by atoms with Crippen LogP contribution in [0, 0.1) is 0 Å². The molecule has 0 bridgehead atoms. The average Bonchev–Trinajstić information content (AvgIpc) is 2.97. The van der Waals surface area contributed by atoms with Crippen LogP contribution in [0.4, 0.5) is 0 Å². The van der Waals surface area contributed by atoms with E-state index >= 15 is 0 Å². The molecule has 2 aromatic rings. The number of carbonyl (C=O) groups is 1. The van der Waals surface area contributed by atoms with Crippen molar-refractivity contribution in [1.29, 1.82) is 0 Å². The summed E-state index contributed by atoms with van der Waals surface area (Å²) in [5.74, 6) is 0.597. The first-order valence-corrected chi connectivity index (χ1v) is 6.75. The number of nitrogens with zero attached hydrogens (tertiary/aromatic N) is 1. The lowest BCUT2D eigenvalue weighted by atomic mass is 9.93. The van der Waals surface area contributed by atoms with E-state index in [0.29, 0.717) is 11.3 Å². The van der Waals surface area contributed by atoms with Crippen LogP contribution in [-0.4, -0.2) is 23.2 Å². The molecule has 0 saturated carbocycles. The van der Waals surface area contributed by atoms with Gasteiger partial charge in [0.05, 0.1) is 25.0 Å². The molecule has 1 aromatic carbocycles. The van der Waals surface area contributed by atoms with Crippen LogP contribution in [-0.2, 0) is 6.42 Å². The van der Waals surface area contributed by atoms with E-state index in [1.807, 2.05) is 18.3 Å². The van der Waals surface area contributed by atoms with Crippen LogP contribution in [0.1, 0.15) is 40.5 Å². The summed E-state index contributed by atoms with van der Waals surface area (Å²) < 4.78 is 5.14. The van der Waals surface area contributed by atoms with Gasteiger partial charge in [-0.1, -0.05) is 6.07 Å². The summed E-state index contributed by atoms with van der Waals surface area (Å²) in [6.45, 7) is 0. The Morgan fingerprint density at radius 1 is 1.50 bits per heavy atom. The maximum absolute atomic E-state index is 12.3. The molecule has 1 aliphatic carbocycles. The molecule has 0 saturated heterocycles. The van der Waals surface area contributed by atoms with E-state index in [1.54, 1.807) is 19.2 Å². The van der Waals surface area contributed by atoms with E-state index < -0.39 is 0 Å². The van der Waals surface area contributed by atoms with E-state index in [-0.39, 0.29) is 11.9 Å². The highest BCUT2D eigenvalue weighted by Gasteiger charge is 2.23. The third-order valence-electron chi connectivity index (χ3n) is 3.68. The third kappa shape index (κ3) is 2.39. The zero-order valence-corrected chi connectivity index (χ0v) is 11.3. The second-order valence-electron chi connectivity index (χ2n) is 4.96. The Bertz CT molecular complexity index is 621. The van der Waals surface area contributed by atoms with E-state index in [2.05, 4.69) is 15.5 Å². The molecule has 104 valence electrons. The van der Waals surface area contributed by atoms with Gasteiger partial charge in [0.2, 0.25) is 0 Å². The number of amides is 1. The molecule has 0 radical (unpaired) electrons. The molecule has 1 atom stereocenters. The van der Waals surface area contributed by atoms with Crippen molar-refractivity contribution in [1.82, 2.24) is 15.5 Å². The van der Waals surface area contributed by atoms with Crippen molar-refractivity contribution in [3.8, 4) is 5.75 Å². The number of rotatable bonds is 3. The number of methoxy groups -OCH3 is 1. The Morgan fingerprint density at radius 3 is 3.25 bits per heavy atom. The quantitative estimate of drug-likeness (QED) is 0.899. The van der Waals surface area contributed by atoms with Crippen LogP contribution in [0.3, 0.4) is 0 Å². The van der Waals surface area contributed by atoms with Crippen LogP contribution in [0.15, 0.2) is 30.5 Å². The highest BCUT2D eigenvalue weighted by molar-refractivity contribution is 5.94. The van der Waals surface area contributed by atoms with Gasteiger partial charge in [-0.2, -0.15) is 5.10 Å². The zero-order valence-electron chi connectivity index (χ0n) is 11.3. The molecule has 20 heavy (non-hydrogen) atoms. The summed E-state index contributed by atoms with van der Waals surface area (Å²) in [6.07, 6.45) is 4.87. The maximum Gasteiger partial charge on any atom is 0.251 e. The molecular formula is C15H17N3O2. The summed E-state index contributed by atoms with van der Waals surface area (Å²) in [5.41, 5.74) is 2.84. The van der Waals surface area contributed by atoms with Gasteiger partial charge in [0, 0.05) is 5.56 Å². The van der Waals surface area contributed by atoms with Gasteiger partial charge < -0.3 is 10.1 Å². The van der Waals surface area contributed by atoms with Crippen molar-refractivity contribution in [3.05, 3.63) is 47.3 Å². The summed E-state index contributed by atoms with van der Waals surface area (Å²) in [6, 6.07) is 7.18. The number of carbonyl (C=O) groups excluding carboxylic acids is 1. The number of aromatic nitrogens is 2. The normalized spacial score (nSPS) is 17.4. The van der Waals surface area contributed by atoms with E-state index in [0.717, 1.165) is 25.0 Å². The maximum atomic E-state index is 12.3. The fraction of sp³-hybridized carbons (Fsp3) is 0.333.